The van der Waals surface area contributed by atoms with Crippen molar-refractivity contribution in [2.24, 2.45) is 0 Å². The highest BCUT2D eigenvalue weighted by atomic mass is 33.5. The van der Waals surface area contributed by atoms with Crippen LogP contribution in [0.25, 0.3) is 0 Å². The number of rotatable bonds is 0. The van der Waals surface area contributed by atoms with E-state index in [0.29, 0.717) is 4.58 Å². The van der Waals surface area contributed by atoms with Gasteiger partial charge in [-0.2, -0.15) is 0 Å². The van der Waals surface area contributed by atoms with Gasteiger partial charge in [-0.05, 0) is 28.5 Å². The standard InChI is InChI=1S/C2H4OS3/c1-2-4-6(3)5-2/h2H,1H3. The van der Waals surface area contributed by atoms with Crippen LogP contribution in [0.15, 0.2) is 0 Å². The Morgan fingerprint density at radius 2 is 2.17 bits per heavy atom. The fraction of sp³-hybridized carbons (Fsp3) is 1.00. The summed E-state index contributed by atoms with van der Waals surface area (Å²) >= 11 is 0. The Morgan fingerprint density at radius 3 is 2.17 bits per heavy atom. The van der Waals surface area contributed by atoms with Gasteiger partial charge in [-0.25, -0.2) is 4.21 Å². The van der Waals surface area contributed by atoms with Gasteiger partial charge in [0.2, 0.25) is 0 Å². The summed E-state index contributed by atoms with van der Waals surface area (Å²) in [6.45, 7) is 2.05. The second-order valence-corrected chi connectivity index (χ2v) is 7.07. The van der Waals surface area contributed by atoms with E-state index < -0.39 is 8.86 Å². The average molecular weight is 140 g/mol. The zero-order valence-corrected chi connectivity index (χ0v) is 5.66. The predicted octanol–water partition coefficient (Wildman–Crippen LogP) is 1.39. The van der Waals surface area contributed by atoms with E-state index in [2.05, 4.69) is 6.92 Å². The third kappa shape index (κ3) is 0.918. The lowest BCUT2D eigenvalue weighted by molar-refractivity contribution is 0.698. The highest BCUT2D eigenvalue weighted by Gasteiger charge is 2.22. The Kier molecular flexibility index (Phi) is 1.46. The number of hydrogen-bond donors (Lipinski definition) is 0. The maximum atomic E-state index is 10.1. The van der Waals surface area contributed by atoms with Crippen LogP contribution in [0.3, 0.4) is 0 Å². The molecular formula is C2H4OS3. The Morgan fingerprint density at radius 1 is 1.67 bits per heavy atom. The first kappa shape index (κ1) is 5.00. The molecule has 36 valence electrons. The minimum absolute atomic E-state index is 0.575. The lowest BCUT2D eigenvalue weighted by Gasteiger charge is -2.15. The van der Waals surface area contributed by atoms with E-state index in [-0.39, 0.29) is 0 Å². The molecule has 1 fully saturated rings. The van der Waals surface area contributed by atoms with E-state index in [1.54, 1.807) is 0 Å². The van der Waals surface area contributed by atoms with E-state index in [9.17, 15) is 4.21 Å². The van der Waals surface area contributed by atoms with Gasteiger partial charge in [0.15, 0.2) is 0 Å². The second-order valence-electron chi connectivity index (χ2n) is 0.964. The van der Waals surface area contributed by atoms with Crippen LogP contribution in [0.5, 0.6) is 0 Å². The molecule has 1 heterocycles. The highest BCUT2D eigenvalue weighted by Crippen LogP contribution is 2.44. The van der Waals surface area contributed by atoms with Crippen molar-refractivity contribution in [2.45, 2.75) is 11.5 Å². The number of hydrogen-bond acceptors (Lipinski definition) is 3. The van der Waals surface area contributed by atoms with Gasteiger partial charge in [0.1, 0.15) is 8.86 Å². The van der Waals surface area contributed by atoms with E-state index in [0.717, 1.165) is 0 Å². The van der Waals surface area contributed by atoms with Crippen molar-refractivity contribution in [1.82, 2.24) is 0 Å². The molecule has 0 atom stereocenters. The summed E-state index contributed by atoms with van der Waals surface area (Å²) < 4.78 is 10.7. The minimum atomic E-state index is -0.589. The molecule has 0 bridgehead atoms. The molecule has 0 aliphatic carbocycles. The molecule has 0 radical (unpaired) electrons. The average Bonchev–Trinajstić information content (AvgIpc) is 1.33. The first-order valence-corrected chi connectivity index (χ1v) is 5.49. The lowest BCUT2D eigenvalue weighted by Crippen LogP contribution is -2.01. The molecule has 0 aromatic rings. The largest absolute Gasteiger partial charge is 0.236 e. The highest BCUT2D eigenvalue weighted by molar-refractivity contribution is 9.10. The van der Waals surface area contributed by atoms with Crippen LogP contribution in [0.1, 0.15) is 6.92 Å². The van der Waals surface area contributed by atoms with Crippen LogP contribution < -0.4 is 0 Å². The molecule has 0 amide bonds. The third-order valence-electron chi connectivity index (χ3n) is 0.428. The molecule has 1 aliphatic heterocycles. The van der Waals surface area contributed by atoms with Crippen LogP contribution in [0, 0.1) is 0 Å². The molecule has 0 aromatic heterocycles. The molecule has 0 aromatic carbocycles. The van der Waals surface area contributed by atoms with Crippen LogP contribution >= 0.6 is 21.6 Å². The van der Waals surface area contributed by atoms with E-state index in [1.165, 1.54) is 21.6 Å². The molecular weight excluding hydrogens is 136 g/mol. The Bertz CT molecular complexity index is 72.9. The van der Waals surface area contributed by atoms with Gasteiger partial charge in [-0.15, -0.1) is 0 Å². The molecule has 0 N–H and O–H groups in total. The maximum absolute atomic E-state index is 10.1. The fourth-order valence-corrected chi connectivity index (χ4v) is 4.76. The van der Waals surface area contributed by atoms with Crippen LogP contribution in [-0.2, 0) is 8.86 Å². The quantitative estimate of drug-likeness (QED) is 0.473. The van der Waals surface area contributed by atoms with Crippen LogP contribution in [-0.4, -0.2) is 8.79 Å². The zero-order chi connectivity index (χ0) is 4.57. The summed E-state index contributed by atoms with van der Waals surface area (Å²) in [6.07, 6.45) is 0. The van der Waals surface area contributed by atoms with Crippen molar-refractivity contribution in [2.75, 3.05) is 0 Å². The summed E-state index contributed by atoms with van der Waals surface area (Å²) in [7, 11) is 2.45. The van der Waals surface area contributed by atoms with Gasteiger partial charge in [0, 0.05) is 0 Å². The van der Waals surface area contributed by atoms with Gasteiger partial charge in [-0.1, -0.05) is 0 Å². The van der Waals surface area contributed by atoms with E-state index >= 15 is 0 Å². The molecule has 0 saturated carbocycles. The summed E-state index contributed by atoms with van der Waals surface area (Å²) in [5.74, 6) is 0. The Labute approximate surface area is 46.5 Å². The van der Waals surface area contributed by atoms with Gasteiger partial charge < -0.3 is 0 Å². The van der Waals surface area contributed by atoms with Crippen molar-refractivity contribution in [3.8, 4) is 0 Å². The smallest absolute Gasteiger partial charge is 0.143 e. The first-order valence-electron chi connectivity index (χ1n) is 1.55. The molecule has 1 aliphatic rings. The predicted molar refractivity (Wildman–Crippen MR) is 32.8 cm³/mol. The summed E-state index contributed by atoms with van der Waals surface area (Å²) in [5.41, 5.74) is 0. The van der Waals surface area contributed by atoms with Crippen molar-refractivity contribution in [3.63, 3.8) is 0 Å². The minimum Gasteiger partial charge on any atom is -0.236 e. The first-order chi connectivity index (χ1) is 2.79. The molecule has 4 heteroatoms. The van der Waals surface area contributed by atoms with E-state index in [1.807, 2.05) is 0 Å². The molecule has 1 rings (SSSR count). The SMILES string of the molecule is CC1SS(=O)S1. The summed E-state index contributed by atoms with van der Waals surface area (Å²) in [5, 5.41) is 0. The van der Waals surface area contributed by atoms with Crippen molar-refractivity contribution >= 4 is 30.5 Å². The third-order valence-corrected chi connectivity index (χ3v) is 6.68. The molecule has 0 spiro atoms. The van der Waals surface area contributed by atoms with Gasteiger partial charge >= 0.3 is 0 Å². The Balaban J connectivity index is 2.28. The molecule has 1 nitrogen and oxygen atoms in total. The topological polar surface area (TPSA) is 17.1 Å². The van der Waals surface area contributed by atoms with Gasteiger partial charge in [-0.3, -0.25) is 0 Å². The van der Waals surface area contributed by atoms with Gasteiger partial charge in [0.25, 0.3) is 0 Å². The lowest BCUT2D eigenvalue weighted by atomic mass is 11.0. The summed E-state index contributed by atoms with van der Waals surface area (Å²) in [6, 6.07) is 0. The van der Waals surface area contributed by atoms with Crippen molar-refractivity contribution in [1.29, 1.82) is 0 Å². The molecule has 6 heavy (non-hydrogen) atoms. The zero-order valence-electron chi connectivity index (χ0n) is 3.21. The summed E-state index contributed by atoms with van der Waals surface area (Å²) in [4.78, 5) is 0. The second kappa shape index (κ2) is 1.76. The van der Waals surface area contributed by atoms with Crippen molar-refractivity contribution in [3.05, 3.63) is 0 Å². The maximum Gasteiger partial charge on any atom is 0.143 e. The molecule has 0 unspecified atom stereocenters. The monoisotopic (exact) mass is 140 g/mol. The fourth-order valence-electron chi connectivity index (χ4n) is 0.228. The normalized spacial score (nSPS) is 44.8. The van der Waals surface area contributed by atoms with Crippen molar-refractivity contribution < 1.29 is 4.21 Å². The van der Waals surface area contributed by atoms with Crippen LogP contribution in [0.2, 0.25) is 0 Å². The van der Waals surface area contributed by atoms with Crippen LogP contribution in [0.4, 0.5) is 0 Å². The van der Waals surface area contributed by atoms with Gasteiger partial charge in [0.05, 0.1) is 4.58 Å². The van der Waals surface area contributed by atoms with E-state index in [4.69, 9.17) is 0 Å². The Hall–Kier alpha value is 0.850. The molecule has 1 saturated heterocycles.